The molecule has 0 fully saturated rings. The van der Waals surface area contributed by atoms with E-state index in [4.69, 9.17) is 0 Å². The fourth-order valence-electron chi connectivity index (χ4n) is 3.28. The van der Waals surface area contributed by atoms with Gasteiger partial charge >= 0.3 is 0 Å². The van der Waals surface area contributed by atoms with E-state index in [1.165, 1.54) is 5.56 Å². The van der Waals surface area contributed by atoms with Crippen molar-refractivity contribution >= 4 is 34.0 Å². The van der Waals surface area contributed by atoms with Crippen LogP contribution in [0, 0.1) is 13.8 Å². The third kappa shape index (κ3) is 4.28. The Morgan fingerprint density at radius 2 is 1.93 bits per heavy atom. The summed E-state index contributed by atoms with van der Waals surface area (Å²) in [6, 6.07) is 16.1. The van der Waals surface area contributed by atoms with Crippen LogP contribution in [-0.2, 0) is 24.1 Å². The number of nitrogens with one attached hydrogen (secondary N) is 2. The lowest BCUT2D eigenvalue weighted by molar-refractivity contribution is -0.115. The topological polar surface area (TPSA) is 70.7 Å². The molecule has 2 heterocycles. The number of rotatable bonds is 6. The van der Waals surface area contributed by atoms with E-state index >= 15 is 0 Å². The van der Waals surface area contributed by atoms with Crippen LogP contribution in [0.15, 0.2) is 48.5 Å². The summed E-state index contributed by atoms with van der Waals surface area (Å²) in [6.07, 6.45) is 2.04. The van der Waals surface area contributed by atoms with Crippen molar-refractivity contribution in [1.29, 1.82) is 0 Å². The van der Waals surface area contributed by atoms with E-state index in [1.54, 1.807) is 11.3 Å². The minimum absolute atomic E-state index is 0.0128. The molecule has 142 valence electrons. The lowest BCUT2D eigenvalue weighted by Crippen LogP contribution is -2.14. The maximum Gasteiger partial charge on any atom is 0.229 e. The molecule has 4 rings (SSSR count). The zero-order chi connectivity index (χ0) is 19.5. The molecule has 0 spiro atoms. The molecule has 28 heavy (non-hydrogen) atoms. The molecule has 6 heteroatoms. The zero-order valence-corrected chi connectivity index (χ0v) is 16.8. The number of hydrogen-bond acceptors (Lipinski definition) is 4. The Morgan fingerprint density at radius 1 is 1.07 bits per heavy atom. The average molecular weight is 391 g/mol. The average Bonchev–Trinajstić information content (AvgIpc) is 3.22. The molecule has 0 unspecified atom stereocenters. The van der Waals surface area contributed by atoms with Gasteiger partial charge in [0.15, 0.2) is 0 Å². The molecule has 0 aliphatic rings. The van der Waals surface area contributed by atoms with Crippen molar-refractivity contribution < 1.29 is 4.79 Å². The number of hydrogen-bond donors (Lipinski definition) is 2. The number of carbonyl (C=O) groups excluding carboxylic acids is 1. The van der Waals surface area contributed by atoms with Crippen LogP contribution in [-0.4, -0.2) is 20.9 Å². The second kappa shape index (κ2) is 7.94. The van der Waals surface area contributed by atoms with E-state index in [-0.39, 0.29) is 5.91 Å². The van der Waals surface area contributed by atoms with Gasteiger partial charge in [0.1, 0.15) is 5.82 Å². The van der Waals surface area contributed by atoms with Gasteiger partial charge in [-0.15, -0.1) is 11.3 Å². The Bertz CT molecular complexity index is 1100. The molecule has 2 aromatic carbocycles. The number of aromatic nitrogens is 3. The van der Waals surface area contributed by atoms with Crippen molar-refractivity contribution in [1.82, 2.24) is 15.0 Å². The first-order chi connectivity index (χ1) is 13.6. The van der Waals surface area contributed by atoms with Gasteiger partial charge in [0.25, 0.3) is 0 Å². The monoisotopic (exact) mass is 390 g/mol. The normalized spacial score (nSPS) is 11.1. The molecule has 0 aliphatic heterocycles. The number of fused-ring (bicyclic) bond motifs is 1. The number of nitrogens with zero attached hydrogens (tertiary/aromatic N) is 2. The van der Waals surface area contributed by atoms with Gasteiger partial charge < -0.3 is 10.3 Å². The maximum atomic E-state index is 12.4. The Labute approximate surface area is 167 Å². The SMILES string of the molecule is Cc1nc(C)c(CC(=O)Nc2cccc(CCc3nc4ccccc4[nH]3)c2)s1. The number of carbonyl (C=O) groups is 1. The van der Waals surface area contributed by atoms with Crippen LogP contribution in [0.4, 0.5) is 5.69 Å². The van der Waals surface area contributed by atoms with Crippen LogP contribution in [0.1, 0.15) is 27.0 Å². The predicted molar refractivity (Wildman–Crippen MR) is 114 cm³/mol. The first kappa shape index (κ1) is 18.4. The fraction of sp³-hybridized carbons (Fsp3) is 0.227. The third-order valence-electron chi connectivity index (χ3n) is 4.62. The van der Waals surface area contributed by atoms with Crippen molar-refractivity contribution in [2.75, 3.05) is 5.32 Å². The van der Waals surface area contributed by atoms with Gasteiger partial charge in [0.05, 0.1) is 28.2 Å². The second-order valence-corrected chi connectivity index (χ2v) is 8.16. The van der Waals surface area contributed by atoms with Gasteiger partial charge in [-0.1, -0.05) is 24.3 Å². The molecule has 0 saturated carbocycles. The summed E-state index contributed by atoms with van der Waals surface area (Å²) < 4.78 is 0. The number of aromatic amines is 1. The molecule has 0 bridgehead atoms. The van der Waals surface area contributed by atoms with Crippen LogP contribution < -0.4 is 5.32 Å². The van der Waals surface area contributed by atoms with Gasteiger partial charge in [-0.25, -0.2) is 9.97 Å². The molecule has 1 amide bonds. The second-order valence-electron chi connectivity index (χ2n) is 6.87. The van der Waals surface area contributed by atoms with E-state index in [1.807, 2.05) is 56.3 Å². The molecule has 0 saturated heterocycles. The standard InChI is InChI=1S/C22H22N4OS/c1-14-20(28-15(2)23-14)13-22(27)24-17-7-5-6-16(12-17)10-11-21-25-18-8-3-4-9-19(18)26-21/h3-9,12H,10-11,13H2,1-2H3,(H,24,27)(H,25,26). The maximum absolute atomic E-state index is 12.4. The Balaban J connectivity index is 1.38. The number of imidazole rings is 1. The first-order valence-electron chi connectivity index (χ1n) is 9.32. The Hall–Kier alpha value is -2.99. The molecule has 4 aromatic rings. The highest BCUT2D eigenvalue weighted by atomic mass is 32.1. The molecular weight excluding hydrogens is 368 g/mol. The van der Waals surface area contributed by atoms with Crippen molar-refractivity contribution in [3.63, 3.8) is 0 Å². The highest BCUT2D eigenvalue weighted by Gasteiger charge is 2.11. The summed E-state index contributed by atoms with van der Waals surface area (Å²) in [4.78, 5) is 25.8. The Morgan fingerprint density at radius 3 is 2.71 bits per heavy atom. The van der Waals surface area contributed by atoms with Gasteiger partial charge in [-0.05, 0) is 50.1 Å². The lowest BCUT2D eigenvalue weighted by atomic mass is 10.1. The van der Waals surface area contributed by atoms with Crippen molar-refractivity contribution in [2.45, 2.75) is 33.1 Å². The predicted octanol–water partition coefficient (Wildman–Crippen LogP) is 4.60. The minimum Gasteiger partial charge on any atom is -0.342 e. The smallest absolute Gasteiger partial charge is 0.229 e. The molecule has 0 atom stereocenters. The van der Waals surface area contributed by atoms with E-state index in [9.17, 15) is 4.79 Å². The first-order valence-corrected chi connectivity index (χ1v) is 10.1. The highest BCUT2D eigenvalue weighted by molar-refractivity contribution is 7.11. The van der Waals surface area contributed by atoms with Gasteiger partial charge in [-0.3, -0.25) is 4.79 Å². The Kier molecular flexibility index (Phi) is 5.21. The van der Waals surface area contributed by atoms with Gasteiger partial charge in [0.2, 0.25) is 5.91 Å². The van der Waals surface area contributed by atoms with Crippen LogP contribution in [0.3, 0.4) is 0 Å². The third-order valence-corrected chi connectivity index (χ3v) is 5.69. The summed E-state index contributed by atoms with van der Waals surface area (Å²) in [7, 11) is 0. The number of H-pyrrole nitrogens is 1. The van der Waals surface area contributed by atoms with Gasteiger partial charge in [0, 0.05) is 17.0 Å². The van der Waals surface area contributed by atoms with Crippen LogP contribution in [0.25, 0.3) is 11.0 Å². The number of aryl methyl sites for hydroxylation is 4. The quantitative estimate of drug-likeness (QED) is 0.505. The lowest BCUT2D eigenvalue weighted by Gasteiger charge is -2.07. The van der Waals surface area contributed by atoms with Crippen molar-refractivity contribution in [3.8, 4) is 0 Å². The summed E-state index contributed by atoms with van der Waals surface area (Å²) in [5.74, 6) is 0.966. The summed E-state index contributed by atoms with van der Waals surface area (Å²) in [5, 5.41) is 4.00. The molecule has 0 aliphatic carbocycles. The van der Waals surface area contributed by atoms with Gasteiger partial charge in [-0.2, -0.15) is 0 Å². The largest absolute Gasteiger partial charge is 0.342 e. The van der Waals surface area contributed by atoms with Crippen LogP contribution in [0.5, 0.6) is 0 Å². The highest BCUT2D eigenvalue weighted by Crippen LogP contribution is 2.19. The minimum atomic E-state index is -0.0128. The molecule has 2 N–H and O–H groups in total. The number of para-hydroxylation sites is 2. The molecule has 0 radical (unpaired) electrons. The zero-order valence-electron chi connectivity index (χ0n) is 16.0. The molecule has 2 aromatic heterocycles. The number of amides is 1. The van der Waals surface area contributed by atoms with Crippen molar-refractivity contribution in [2.24, 2.45) is 0 Å². The molecular formula is C22H22N4OS. The number of anilines is 1. The van der Waals surface area contributed by atoms with Crippen LogP contribution in [0.2, 0.25) is 0 Å². The van der Waals surface area contributed by atoms with E-state index < -0.39 is 0 Å². The number of thiazole rings is 1. The molecule has 5 nitrogen and oxygen atoms in total. The van der Waals surface area contributed by atoms with E-state index in [0.29, 0.717) is 6.42 Å². The summed E-state index contributed by atoms with van der Waals surface area (Å²) >= 11 is 1.58. The fourth-order valence-corrected chi connectivity index (χ4v) is 4.22. The van der Waals surface area contributed by atoms with Crippen LogP contribution >= 0.6 is 11.3 Å². The van der Waals surface area contributed by atoms with Crippen molar-refractivity contribution in [3.05, 3.63) is 75.5 Å². The van der Waals surface area contributed by atoms with E-state index in [2.05, 4.69) is 26.3 Å². The number of benzene rings is 2. The summed E-state index contributed by atoms with van der Waals surface area (Å²) in [5.41, 5.74) is 4.99. The summed E-state index contributed by atoms with van der Waals surface area (Å²) in [6.45, 7) is 3.91. The van der Waals surface area contributed by atoms with E-state index in [0.717, 1.165) is 51.0 Å².